The molecule has 0 atom stereocenters. The largest absolute Gasteiger partial charge is 0.309 e. The third kappa shape index (κ3) is 8.79. The van der Waals surface area contributed by atoms with Crippen molar-refractivity contribution in [1.29, 1.82) is 0 Å². The van der Waals surface area contributed by atoms with Gasteiger partial charge in [-0.15, -0.1) is 0 Å². The van der Waals surface area contributed by atoms with Gasteiger partial charge < -0.3 is 4.90 Å². The van der Waals surface area contributed by atoms with Crippen molar-refractivity contribution in [3.05, 3.63) is 305 Å². The minimum atomic E-state index is -0.499. The molecule has 0 bridgehead atoms. The molecule has 0 spiro atoms. The fourth-order valence-electron chi connectivity index (χ4n) is 16.2. The lowest BCUT2D eigenvalue weighted by molar-refractivity contribution is 0.401. The number of hydrogen-bond donors (Lipinski definition) is 0. The molecule has 0 aromatic heterocycles. The number of anilines is 3. The van der Waals surface area contributed by atoms with Crippen LogP contribution in [0.1, 0.15) is 123 Å². The Morgan fingerprint density at radius 3 is 1.18 bits per heavy atom. The number of fused-ring (bicyclic) bond motifs is 10. The molecule has 0 heterocycles. The van der Waals surface area contributed by atoms with Crippen molar-refractivity contribution in [3.63, 3.8) is 0 Å². The van der Waals surface area contributed by atoms with E-state index in [4.69, 9.17) is 0 Å². The second-order valence-corrected chi connectivity index (χ2v) is 25.1. The first kappa shape index (κ1) is 54.4. The van der Waals surface area contributed by atoms with Gasteiger partial charge in [0.05, 0.1) is 16.8 Å². The minimum absolute atomic E-state index is 0.188. The molecule has 0 aliphatic heterocycles. The molecule has 13 aromatic carbocycles. The minimum Gasteiger partial charge on any atom is -0.309 e. The van der Waals surface area contributed by atoms with Gasteiger partial charge in [0.1, 0.15) is 0 Å². The third-order valence-corrected chi connectivity index (χ3v) is 20.2. The quantitative estimate of drug-likeness (QED) is 0.0649. The first-order chi connectivity index (χ1) is 42.9. The summed E-state index contributed by atoms with van der Waals surface area (Å²) in [5.74, 6) is 0. The van der Waals surface area contributed by atoms with E-state index in [1.165, 1.54) is 201 Å². The Bertz CT molecular complexity index is 4560. The van der Waals surface area contributed by atoms with Crippen molar-refractivity contribution < 1.29 is 0 Å². The Labute approximate surface area is 514 Å². The van der Waals surface area contributed by atoms with E-state index in [2.05, 4.69) is 293 Å². The maximum absolute atomic E-state index is 2.68. The van der Waals surface area contributed by atoms with Crippen molar-refractivity contribution in [2.45, 2.75) is 103 Å². The molecule has 0 unspecified atom stereocenters. The number of rotatable bonds is 17. The van der Waals surface area contributed by atoms with Crippen molar-refractivity contribution in [1.82, 2.24) is 0 Å². The average Bonchev–Trinajstić information content (AvgIpc) is 1.62. The molecular formula is C86H75N. The van der Waals surface area contributed by atoms with Gasteiger partial charge >= 0.3 is 0 Å². The molecule has 0 fully saturated rings. The van der Waals surface area contributed by atoms with Gasteiger partial charge in [0.2, 0.25) is 0 Å². The summed E-state index contributed by atoms with van der Waals surface area (Å²) in [5, 5.41) is 10.2. The van der Waals surface area contributed by atoms with Crippen LogP contribution in [0.3, 0.4) is 0 Å². The molecule has 0 saturated carbocycles. The van der Waals surface area contributed by atoms with Gasteiger partial charge in [-0.1, -0.05) is 290 Å². The van der Waals surface area contributed by atoms with Crippen molar-refractivity contribution >= 4 is 60.2 Å². The van der Waals surface area contributed by atoms with Crippen LogP contribution in [0.4, 0.5) is 17.1 Å². The Morgan fingerprint density at radius 2 is 0.690 bits per heavy atom. The molecule has 2 aliphatic rings. The van der Waals surface area contributed by atoms with E-state index in [9.17, 15) is 0 Å². The molecule has 424 valence electrons. The zero-order chi connectivity index (χ0) is 58.6. The molecule has 87 heavy (non-hydrogen) atoms. The van der Waals surface area contributed by atoms with Crippen LogP contribution in [0.15, 0.2) is 261 Å². The summed E-state index contributed by atoms with van der Waals surface area (Å²) in [6.45, 7) is 9.20. The smallest absolute Gasteiger partial charge is 0.0713 e. The average molecular weight is 1120 g/mol. The highest BCUT2D eigenvalue weighted by Gasteiger charge is 2.47. The van der Waals surface area contributed by atoms with Gasteiger partial charge in [0.25, 0.3) is 0 Å². The molecular weight excluding hydrogens is 1050 g/mol. The van der Waals surface area contributed by atoms with Crippen molar-refractivity contribution in [3.8, 4) is 44.5 Å². The van der Waals surface area contributed by atoms with Crippen LogP contribution in [0, 0.1) is 13.8 Å². The Balaban J connectivity index is 0.937. The number of benzene rings is 13. The highest BCUT2D eigenvalue weighted by atomic mass is 15.1. The summed E-state index contributed by atoms with van der Waals surface area (Å²) in [6.07, 6.45) is 12.0. The number of unbranched alkanes of at least 4 members (excludes halogenated alkanes) is 6. The van der Waals surface area contributed by atoms with E-state index in [1.807, 2.05) is 0 Å². The maximum atomic E-state index is 2.68. The number of hydrogen-bond acceptors (Lipinski definition) is 1. The molecule has 0 N–H and O–H groups in total. The van der Waals surface area contributed by atoms with E-state index >= 15 is 0 Å². The second-order valence-electron chi connectivity index (χ2n) is 25.1. The fraction of sp³-hybridized carbons (Fsp3) is 0.186. The normalized spacial score (nSPS) is 13.5. The van der Waals surface area contributed by atoms with E-state index in [-0.39, 0.29) is 5.41 Å². The first-order valence-corrected chi connectivity index (χ1v) is 32.3. The molecule has 1 heteroatoms. The highest BCUT2D eigenvalue weighted by molar-refractivity contribution is 6.22. The lowest BCUT2D eigenvalue weighted by Gasteiger charge is -2.35. The van der Waals surface area contributed by atoms with E-state index in [0.717, 1.165) is 12.8 Å². The van der Waals surface area contributed by atoms with Crippen LogP contribution >= 0.6 is 0 Å². The SMILES string of the molecule is CCCCCCC1(CCCCCC)c2cc(-c3c4ccccc4c(-c4ccc5c(c4)C(c4ccccc4)(c4ccccc4)c4ccccc4-5)c4ccccc34)ccc2-c2ccc(N(c3ccc(C)c4ccccc34)c3ccc(C)c4ccccc34)cc21. The van der Waals surface area contributed by atoms with Crippen molar-refractivity contribution in [2.75, 3.05) is 4.90 Å². The molecule has 0 radical (unpaired) electrons. The molecule has 1 nitrogen and oxygen atoms in total. The van der Waals surface area contributed by atoms with Crippen LogP contribution in [-0.4, -0.2) is 0 Å². The predicted molar refractivity (Wildman–Crippen MR) is 373 cm³/mol. The summed E-state index contributed by atoms with van der Waals surface area (Å²) >= 11 is 0. The van der Waals surface area contributed by atoms with Crippen LogP contribution in [0.2, 0.25) is 0 Å². The lowest BCUT2D eigenvalue weighted by atomic mass is 9.67. The van der Waals surface area contributed by atoms with Crippen LogP contribution in [0.25, 0.3) is 87.6 Å². The van der Waals surface area contributed by atoms with Gasteiger partial charge in [-0.3, -0.25) is 0 Å². The van der Waals surface area contributed by atoms with Crippen molar-refractivity contribution in [2.24, 2.45) is 0 Å². The van der Waals surface area contributed by atoms with Gasteiger partial charge in [0, 0.05) is 21.9 Å². The second kappa shape index (κ2) is 22.5. The number of aryl methyl sites for hydroxylation is 2. The van der Waals surface area contributed by atoms with Gasteiger partial charge in [-0.25, -0.2) is 0 Å². The topological polar surface area (TPSA) is 3.24 Å². The Kier molecular flexibility index (Phi) is 14.1. The molecule has 2 aliphatic carbocycles. The lowest BCUT2D eigenvalue weighted by Crippen LogP contribution is -2.28. The van der Waals surface area contributed by atoms with Gasteiger partial charge in [-0.05, 0) is 184 Å². The van der Waals surface area contributed by atoms with Crippen LogP contribution in [0.5, 0.6) is 0 Å². The zero-order valence-corrected chi connectivity index (χ0v) is 50.8. The highest BCUT2D eigenvalue weighted by Crippen LogP contribution is 2.60. The Morgan fingerprint density at radius 1 is 0.299 bits per heavy atom. The maximum Gasteiger partial charge on any atom is 0.0713 e. The summed E-state index contributed by atoms with van der Waals surface area (Å²) in [6, 6.07) is 100. The van der Waals surface area contributed by atoms with Crippen LogP contribution < -0.4 is 4.90 Å². The first-order valence-electron chi connectivity index (χ1n) is 32.3. The van der Waals surface area contributed by atoms with Gasteiger partial charge in [-0.2, -0.15) is 0 Å². The Hall–Kier alpha value is -9.30. The monoisotopic (exact) mass is 1120 g/mol. The summed E-state index contributed by atoms with van der Waals surface area (Å²) < 4.78 is 0. The summed E-state index contributed by atoms with van der Waals surface area (Å²) in [4.78, 5) is 2.60. The molecule has 13 aromatic rings. The fourth-order valence-corrected chi connectivity index (χ4v) is 16.2. The predicted octanol–water partition coefficient (Wildman–Crippen LogP) is 24.3. The van der Waals surface area contributed by atoms with E-state index < -0.39 is 5.41 Å². The molecule has 0 amide bonds. The van der Waals surface area contributed by atoms with E-state index in [0.29, 0.717) is 0 Å². The van der Waals surface area contributed by atoms with Gasteiger partial charge in [0.15, 0.2) is 0 Å². The third-order valence-electron chi connectivity index (χ3n) is 20.2. The molecule has 0 saturated heterocycles. The van der Waals surface area contributed by atoms with E-state index in [1.54, 1.807) is 0 Å². The standard InChI is InChI=1S/C86H75N/c1-5-7-9-27-53-85(54-28-10-8-6-2)78-55-60(45-48-68(78)69-50-47-64(57-79(69)85)87(81-51-43-58(3)65-33-17-19-36-71(65)81)82-52-44-59(4)66-34-18-20-37-72(66)82)83-73-38-21-23-40-75(73)84(76-41-24-22-39-74(76)83)61-46-49-70-67-35-25-26-42-77(67)86(80(70)56-61,62-29-13-11-14-30-62)63-31-15-12-16-32-63/h11-26,29-52,55-57H,5-10,27-28,53-54H2,1-4H3. The number of nitrogens with zero attached hydrogens (tertiary/aromatic N) is 1. The summed E-state index contributed by atoms with van der Waals surface area (Å²) in [5.41, 5.74) is 24.2. The zero-order valence-electron chi connectivity index (χ0n) is 50.8. The molecule has 15 rings (SSSR count). The summed E-state index contributed by atoms with van der Waals surface area (Å²) in [7, 11) is 0. The van der Waals surface area contributed by atoms with Crippen LogP contribution in [-0.2, 0) is 10.8 Å².